The van der Waals surface area contributed by atoms with Gasteiger partial charge in [-0.05, 0) is 41.0 Å². The first-order chi connectivity index (χ1) is 12.8. The van der Waals surface area contributed by atoms with Crippen LogP contribution in [0.1, 0.15) is 0 Å². The second-order valence-corrected chi connectivity index (χ2v) is 7.19. The lowest BCUT2D eigenvalue weighted by Gasteiger charge is -2.12. The SMILES string of the molecule is Brc1cccc(-c2ccccc2)c1-c1ccc2c(c1)oc1ccccc12. The fraction of sp³-hybridized carbons (Fsp3) is 0. The molecule has 0 saturated carbocycles. The van der Waals surface area contributed by atoms with Crippen molar-refractivity contribution in [2.45, 2.75) is 0 Å². The van der Waals surface area contributed by atoms with E-state index >= 15 is 0 Å². The largest absolute Gasteiger partial charge is 0.456 e. The summed E-state index contributed by atoms with van der Waals surface area (Å²) in [6.45, 7) is 0. The highest BCUT2D eigenvalue weighted by atomic mass is 79.9. The predicted octanol–water partition coefficient (Wildman–Crippen LogP) is 7.68. The van der Waals surface area contributed by atoms with Gasteiger partial charge in [-0.2, -0.15) is 0 Å². The number of hydrogen-bond donors (Lipinski definition) is 0. The molecule has 0 spiro atoms. The van der Waals surface area contributed by atoms with E-state index in [1.54, 1.807) is 0 Å². The van der Waals surface area contributed by atoms with Crippen LogP contribution in [-0.2, 0) is 0 Å². The first kappa shape index (κ1) is 15.4. The predicted molar refractivity (Wildman–Crippen MR) is 112 cm³/mol. The Morgan fingerprint density at radius 3 is 2.23 bits per heavy atom. The van der Waals surface area contributed by atoms with Crippen LogP contribution in [0.25, 0.3) is 44.2 Å². The minimum absolute atomic E-state index is 0.915. The van der Waals surface area contributed by atoms with Gasteiger partial charge in [0.15, 0.2) is 0 Å². The van der Waals surface area contributed by atoms with E-state index in [-0.39, 0.29) is 0 Å². The van der Waals surface area contributed by atoms with Crippen LogP contribution in [-0.4, -0.2) is 0 Å². The Balaban J connectivity index is 1.77. The lowest BCUT2D eigenvalue weighted by atomic mass is 9.94. The van der Waals surface area contributed by atoms with Crippen LogP contribution in [0.3, 0.4) is 0 Å². The monoisotopic (exact) mass is 398 g/mol. The molecule has 0 bridgehead atoms. The van der Waals surface area contributed by atoms with Gasteiger partial charge in [0.25, 0.3) is 0 Å². The normalized spacial score (nSPS) is 11.3. The summed E-state index contributed by atoms with van der Waals surface area (Å²) in [6.07, 6.45) is 0. The van der Waals surface area contributed by atoms with Crippen LogP contribution in [0.4, 0.5) is 0 Å². The van der Waals surface area contributed by atoms with Crippen molar-refractivity contribution < 1.29 is 4.42 Å². The second kappa shape index (κ2) is 6.15. The van der Waals surface area contributed by atoms with Gasteiger partial charge in [-0.1, -0.05) is 82.7 Å². The molecule has 0 aliphatic heterocycles. The topological polar surface area (TPSA) is 13.1 Å². The van der Waals surface area contributed by atoms with E-state index in [0.29, 0.717) is 0 Å². The Morgan fingerprint density at radius 2 is 1.35 bits per heavy atom. The summed E-state index contributed by atoms with van der Waals surface area (Å²) in [5.74, 6) is 0. The molecule has 1 heterocycles. The summed E-state index contributed by atoms with van der Waals surface area (Å²) in [4.78, 5) is 0. The third-order valence-electron chi connectivity index (χ3n) is 4.77. The van der Waals surface area contributed by atoms with Gasteiger partial charge in [-0.3, -0.25) is 0 Å². The maximum absolute atomic E-state index is 6.08. The zero-order chi connectivity index (χ0) is 17.5. The standard InChI is InChI=1S/C24H15BrO/c25-21-11-6-10-18(16-7-2-1-3-8-16)24(21)17-13-14-20-19-9-4-5-12-22(19)26-23(20)15-17/h1-15H. The van der Waals surface area contributed by atoms with Gasteiger partial charge in [0.1, 0.15) is 11.2 Å². The van der Waals surface area contributed by atoms with E-state index < -0.39 is 0 Å². The van der Waals surface area contributed by atoms with Crippen molar-refractivity contribution in [3.63, 3.8) is 0 Å². The molecule has 0 atom stereocenters. The lowest BCUT2D eigenvalue weighted by molar-refractivity contribution is 0.669. The van der Waals surface area contributed by atoms with Crippen molar-refractivity contribution in [2.75, 3.05) is 0 Å². The summed E-state index contributed by atoms with van der Waals surface area (Å²) < 4.78 is 7.16. The fourth-order valence-electron chi connectivity index (χ4n) is 3.56. The Hall–Kier alpha value is -2.84. The molecule has 0 fully saturated rings. The summed E-state index contributed by atoms with van der Waals surface area (Å²) in [5.41, 5.74) is 6.57. The number of halogens is 1. The second-order valence-electron chi connectivity index (χ2n) is 6.34. The molecule has 0 radical (unpaired) electrons. The van der Waals surface area contributed by atoms with Crippen molar-refractivity contribution >= 4 is 37.9 Å². The van der Waals surface area contributed by atoms with Crippen molar-refractivity contribution in [3.05, 3.63) is 95.5 Å². The molecule has 4 aromatic carbocycles. The van der Waals surface area contributed by atoms with Gasteiger partial charge < -0.3 is 4.42 Å². The van der Waals surface area contributed by atoms with E-state index in [2.05, 4.69) is 82.7 Å². The van der Waals surface area contributed by atoms with E-state index in [0.717, 1.165) is 32.0 Å². The first-order valence-electron chi connectivity index (χ1n) is 8.57. The number of fused-ring (bicyclic) bond motifs is 3. The Bertz CT molecular complexity index is 1240. The molecule has 0 aliphatic carbocycles. The van der Waals surface area contributed by atoms with E-state index in [9.17, 15) is 0 Å². The molecule has 0 amide bonds. The minimum Gasteiger partial charge on any atom is -0.456 e. The molecule has 2 heteroatoms. The molecule has 1 aromatic heterocycles. The van der Waals surface area contributed by atoms with Crippen LogP contribution in [0.5, 0.6) is 0 Å². The molecule has 26 heavy (non-hydrogen) atoms. The van der Waals surface area contributed by atoms with Crippen molar-refractivity contribution in [3.8, 4) is 22.3 Å². The molecule has 0 unspecified atom stereocenters. The molecular formula is C24H15BrO. The molecule has 124 valence electrons. The smallest absolute Gasteiger partial charge is 0.136 e. The maximum Gasteiger partial charge on any atom is 0.136 e. The van der Waals surface area contributed by atoms with Gasteiger partial charge >= 0.3 is 0 Å². The van der Waals surface area contributed by atoms with Crippen LogP contribution in [0, 0.1) is 0 Å². The fourth-order valence-corrected chi connectivity index (χ4v) is 4.15. The number of benzene rings is 4. The maximum atomic E-state index is 6.08. The molecule has 0 N–H and O–H groups in total. The number of furan rings is 1. The summed E-state index contributed by atoms with van der Waals surface area (Å²) in [6, 6.07) is 31.5. The Labute approximate surface area is 160 Å². The highest BCUT2D eigenvalue weighted by Gasteiger charge is 2.13. The van der Waals surface area contributed by atoms with Gasteiger partial charge in [-0.25, -0.2) is 0 Å². The highest BCUT2D eigenvalue weighted by molar-refractivity contribution is 9.10. The average molecular weight is 399 g/mol. The van der Waals surface area contributed by atoms with E-state index in [4.69, 9.17) is 4.42 Å². The van der Waals surface area contributed by atoms with Crippen LogP contribution in [0.15, 0.2) is 99.9 Å². The molecule has 0 saturated heterocycles. The minimum atomic E-state index is 0.915. The van der Waals surface area contributed by atoms with Gasteiger partial charge in [-0.15, -0.1) is 0 Å². The van der Waals surface area contributed by atoms with Crippen LogP contribution >= 0.6 is 15.9 Å². The van der Waals surface area contributed by atoms with Crippen molar-refractivity contribution in [1.82, 2.24) is 0 Å². The molecule has 5 aromatic rings. The Morgan fingerprint density at radius 1 is 0.577 bits per heavy atom. The zero-order valence-electron chi connectivity index (χ0n) is 13.9. The van der Waals surface area contributed by atoms with Crippen molar-refractivity contribution in [1.29, 1.82) is 0 Å². The van der Waals surface area contributed by atoms with Gasteiger partial charge in [0, 0.05) is 20.8 Å². The molecule has 0 aliphatic rings. The van der Waals surface area contributed by atoms with Gasteiger partial charge in [0.05, 0.1) is 0 Å². The third-order valence-corrected chi connectivity index (χ3v) is 5.43. The Kier molecular flexibility index (Phi) is 3.65. The average Bonchev–Trinajstić information content (AvgIpc) is 3.06. The number of rotatable bonds is 2. The van der Waals surface area contributed by atoms with E-state index in [1.807, 2.05) is 24.3 Å². The van der Waals surface area contributed by atoms with Crippen LogP contribution in [0.2, 0.25) is 0 Å². The zero-order valence-corrected chi connectivity index (χ0v) is 15.5. The molecular weight excluding hydrogens is 384 g/mol. The summed E-state index contributed by atoms with van der Waals surface area (Å²) >= 11 is 3.75. The quantitative estimate of drug-likeness (QED) is 0.297. The van der Waals surface area contributed by atoms with Crippen molar-refractivity contribution in [2.24, 2.45) is 0 Å². The summed E-state index contributed by atoms with van der Waals surface area (Å²) in [5, 5.41) is 2.31. The van der Waals surface area contributed by atoms with E-state index in [1.165, 1.54) is 16.7 Å². The highest BCUT2D eigenvalue weighted by Crippen LogP contribution is 2.40. The molecule has 5 rings (SSSR count). The lowest BCUT2D eigenvalue weighted by Crippen LogP contribution is -1.87. The van der Waals surface area contributed by atoms with Gasteiger partial charge in [0.2, 0.25) is 0 Å². The van der Waals surface area contributed by atoms with Crippen LogP contribution < -0.4 is 0 Å². The number of para-hydroxylation sites is 1. The first-order valence-corrected chi connectivity index (χ1v) is 9.36. The third kappa shape index (κ3) is 2.46. The number of hydrogen-bond acceptors (Lipinski definition) is 1. The summed E-state index contributed by atoms with van der Waals surface area (Å²) in [7, 11) is 0. The molecule has 1 nitrogen and oxygen atoms in total.